The van der Waals surface area contributed by atoms with Crippen LogP contribution in [0.15, 0.2) is 24.3 Å². The van der Waals surface area contributed by atoms with Gasteiger partial charge in [-0.05, 0) is 12.1 Å². The van der Waals surface area contributed by atoms with Crippen molar-refractivity contribution in [1.82, 2.24) is 5.32 Å². The van der Waals surface area contributed by atoms with Gasteiger partial charge in [-0.1, -0.05) is 12.1 Å². The number of benzene rings is 1. The van der Waals surface area contributed by atoms with E-state index in [0.29, 0.717) is 19.7 Å². The third-order valence-electron chi connectivity index (χ3n) is 2.02. The minimum Gasteiger partial charge on any atom is -0.489 e. The van der Waals surface area contributed by atoms with Crippen LogP contribution in [0.3, 0.4) is 0 Å². The van der Waals surface area contributed by atoms with Crippen LogP contribution in [-0.4, -0.2) is 40.1 Å². The van der Waals surface area contributed by atoms with Crippen molar-refractivity contribution in [2.45, 2.75) is 0 Å². The zero-order valence-electron chi connectivity index (χ0n) is 9.65. The Morgan fingerprint density at radius 2 is 2.00 bits per heavy atom. The first kappa shape index (κ1) is 13.9. The SMILES string of the molecule is CS(=O)(=O)CCNCCOc1ccccc1F. The Hall–Kier alpha value is -1.14. The van der Waals surface area contributed by atoms with Crippen LogP contribution in [-0.2, 0) is 9.84 Å². The zero-order valence-corrected chi connectivity index (χ0v) is 10.5. The van der Waals surface area contributed by atoms with Crippen LogP contribution >= 0.6 is 0 Å². The van der Waals surface area contributed by atoms with E-state index in [1.165, 1.54) is 12.3 Å². The average Bonchev–Trinajstić information content (AvgIpc) is 2.24. The molecule has 0 saturated carbocycles. The molecule has 0 saturated heterocycles. The number of halogens is 1. The Morgan fingerprint density at radius 1 is 1.29 bits per heavy atom. The molecule has 0 spiro atoms. The van der Waals surface area contributed by atoms with Crippen LogP contribution in [0.5, 0.6) is 5.75 Å². The van der Waals surface area contributed by atoms with Crippen molar-refractivity contribution >= 4 is 9.84 Å². The summed E-state index contributed by atoms with van der Waals surface area (Å²) in [6.07, 6.45) is 1.19. The molecule has 17 heavy (non-hydrogen) atoms. The van der Waals surface area contributed by atoms with E-state index in [9.17, 15) is 12.8 Å². The third-order valence-corrected chi connectivity index (χ3v) is 2.97. The number of sulfone groups is 1. The van der Waals surface area contributed by atoms with Crippen molar-refractivity contribution in [3.8, 4) is 5.75 Å². The Balaban J connectivity index is 2.15. The fraction of sp³-hybridized carbons (Fsp3) is 0.455. The van der Waals surface area contributed by atoms with Gasteiger partial charge in [-0.25, -0.2) is 12.8 Å². The normalized spacial score (nSPS) is 11.4. The molecular formula is C11H16FNO3S. The van der Waals surface area contributed by atoms with Gasteiger partial charge in [0, 0.05) is 19.3 Å². The summed E-state index contributed by atoms with van der Waals surface area (Å²) >= 11 is 0. The van der Waals surface area contributed by atoms with Crippen LogP contribution in [0.25, 0.3) is 0 Å². The maximum atomic E-state index is 13.1. The highest BCUT2D eigenvalue weighted by Crippen LogP contribution is 2.14. The molecule has 0 atom stereocenters. The number of rotatable bonds is 7. The van der Waals surface area contributed by atoms with Gasteiger partial charge in [0.2, 0.25) is 0 Å². The lowest BCUT2D eigenvalue weighted by Gasteiger charge is -2.07. The molecule has 1 rings (SSSR count). The molecule has 0 aliphatic carbocycles. The van der Waals surface area contributed by atoms with Crippen molar-refractivity contribution in [3.63, 3.8) is 0 Å². The second kappa shape index (κ2) is 6.56. The lowest BCUT2D eigenvalue weighted by Crippen LogP contribution is -2.26. The Labute approximate surface area is 101 Å². The van der Waals surface area contributed by atoms with Gasteiger partial charge in [-0.3, -0.25) is 0 Å². The summed E-state index contributed by atoms with van der Waals surface area (Å²) in [5.41, 5.74) is 0. The predicted octanol–water partition coefficient (Wildman–Crippen LogP) is 0.839. The topological polar surface area (TPSA) is 55.4 Å². The fourth-order valence-electron chi connectivity index (χ4n) is 1.18. The summed E-state index contributed by atoms with van der Waals surface area (Å²) in [4.78, 5) is 0. The molecule has 0 radical (unpaired) electrons. The maximum absolute atomic E-state index is 13.1. The highest BCUT2D eigenvalue weighted by atomic mass is 32.2. The van der Waals surface area contributed by atoms with E-state index in [1.807, 2.05) is 0 Å². The highest BCUT2D eigenvalue weighted by Gasteiger charge is 2.02. The molecule has 0 bridgehead atoms. The Kier molecular flexibility index (Phi) is 5.37. The summed E-state index contributed by atoms with van der Waals surface area (Å²) in [5, 5.41) is 2.91. The lowest BCUT2D eigenvalue weighted by molar-refractivity contribution is 0.300. The first-order chi connectivity index (χ1) is 7.99. The monoisotopic (exact) mass is 261 g/mol. The van der Waals surface area contributed by atoms with Crippen molar-refractivity contribution < 1.29 is 17.5 Å². The zero-order chi connectivity index (χ0) is 12.7. The van der Waals surface area contributed by atoms with E-state index in [0.717, 1.165) is 0 Å². The van der Waals surface area contributed by atoms with E-state index in [4.69, 9.17) is 4.74 Å². The highest BCUT2D eigenvalue weighted by molar-refractivity contribution is 7.90. The molecule has 1 N–H and O–H groups in total. The summed E-state index contributed by atoms with van der Waals surface area (Å²) in [6.45, 7) is 1.15. The lowest BCUT2D eigenvalue weighted by atomic mass is 10.3. The standard InChI is InChI=1S/C11H16FNO3S/c1-17(14,15)9-7-13-6-8-16-11-5-3-2-4-10(11)12/h2-5,13H,6-9H2,1H3. The van der Waals surface area contributed by atoms with Crippen LogP contribution < -0.4 is 10.1 Å². The van der Waals surface area contributed by atoms with Gasteiger partial charge in [0.1, 0.15) is 16.4 Å². The van der Waals surface area contributed by atoms with E-state index in [1.54, 1.807) is 18.2 Å². The molecule has 4 nitrogen and oxygen atoms in total. The molecular weight excluding hydrogens is 245 g/mol. The van der Waals surface area contributed by atoms with Crippen LogP contribution in [0.2, 0.25) is 0 Å². The minimum atomic E-state index is -2.93. The van der Waals surface area contributed by atoms with Crippen molar-refractivity contribution in [2.24, 2.45) is 0 Å². The smallest absolute Gasteiger partial charge is 0.165 e. The van der Waals surface area contributed by atoms with Crippen LogP contribution in [0.1, 0.15) is 0 Å². The molecule has 0 heterocycles. The molecule has 0 amide bonds. The van der Waals surface area contributed by atoms with Crippen LogP contribution in [0, 0.1) is 5.82 Å². The molecule has 0 aliphatic heterocycles. The van der Waals surface area contributed by atoms with Gasteiger partial charge in [0.05, 0.1) is 5.75 Å². The minimum absolute atomic E-state index is 0.0900. The summed E-state index contributed by atoms with van der Waals surface area (Å²) in [5.74, 6) is -0.103. The first-order valence-electron chi connectivity index (χ1n) is 5.25. The first-order valence-corrected chi connectivity index (χ1v) is 7.31. The molecule has 0 aliphatic rings. The number of ether oxygens (including phenoxy) is 1. The average molecular weight is 261 g/mol. The molecule has 6 heteroatoms. The molecule has 0 unspecified atom stereocenters. The second-order valence-electron chi connectivity index (χ2n) is 3.66. The summed E-state index contributed by atoms with van der Waals surface area (Å²) < 4.78 is 39.9. The predicted molar refractivity (Wildman–Crippen MR) is 64.5 cm³/mol. The van der Waals surface area contributed by atoms with Gasteiger partial charge in [-0.15, -0.1) is 0 Å². The number of para-hydroxylation sites is 1. The molecule has 1 aromatic rings. The van der Waals surface area contributed by atoms with Gasteiger partial charge in [0.25, 0.3) is 0 Å². The van der Waals surface area contributed by atoms with E-state index in [2.05, 4.69) is 5.32 Å². The van der Waals surface area contributed by atoms with Gasteiger partial charge >= 0.3 is 0 Å². The summed E-state index contributed by atoms with van der Waals surface area (Å²) in [7, 11) is -2.93. The van der Waals surface area contributed by atoms with Crippen LogP contribution in [0.4, 0.5) is 4.39 Å². The van der Waals surface area contributed by atoms with Crippen molar-refractivity contribution in [3.05, 3.63) is 30.1 Å². The van der Waals surface area contributed by atoms with E-state index in [-0.39, 0.29) is 11.5 Å². The largest absolute Gasteiger partial charge is 0.489 e. The van der Waals surface area contributed by atoms with Gasteiger partial charge in [-0.2, -0.15) is 0 Å². The molecule has 1 aromatic carbocycles. The molecule has 96 valence electrons. The summed E-state index contributed by atoms with van der Waals surface area (Å²) in [6, 6.07) is 6.15. The molecule has 0 fully saturated rings. The van der Waals surface area contributed by atoms with Crippen molar-refractivity contribution in [2.75, 3.05) is 31.7 Å². The van der Waals surface area contributed by atoms with E-state index < -0.39 is 15.7 Å². The Bertz CT molecular complexity index is 448. The third kappa shape index (κ3) is 6.23. The number of nitrogens with one attached hydrogen (secondary N) is 1. The van der Waals surface area contributed by atoms with Crippen molar-refractivity contribution in [1.29, 1.82) is 0 Å². The quantitative estimate of drug-likeness (QED) is 0.739. The Morgan fingerprint density at radius 3 is 2.65 bits per heavy atom. The maximum Gasteiger partial charge on any atom is 0.165 e. The molecule has 0 aromatic heterocycles. The second-order valence-corrected chi connectivity index (χ2v) is 5.92. The number of hydrogen-bond donors (Lipinski definition) is 1. The van der Waals surface area contributed by atoms with Gasteiger partial charge in [0.15, 0.2) is 11.6 Å². The number of hydrogen-bond acceptors (Lipinski definition) is 4. The van der Waals surface area contributed by atoms with E-state index >= 15 is 0 Å². The fourth-order valence-corrected chi connectivity index (χ4v) is 1.69. The van der Waals surface area contributed by atoms with Gasteiger partial charge < -0.3 is 10.1 Å².